The Balaban J connectivity index is 1.60. The van der Waals surface area contributed by atoms with Crippen LogP contribution in [0, 0.1) is 6.92 Å². The molecule has 0 spiro atoms. The van der Waals surface area contributed by atoms with Gasteiger partial charge in [-0.2, -0.15) is 10.1 Å². The van der Waals surface area contributed by atoms with Crippen LogP contribution in [-0.4, -0.2) is 30.8 Å². The molecule has 4 aromatic heterocycles. The molecule has 0 radical (unpaired) electrons. The summed E-state index contributed by atoms with van der Waals surface area (Å²) in [6.07, 6.45) is 3.24. The molecule has 1 amide bonds. The maximum absolute atomic E-state index is 13.4. The summed E-state index contributed by atoms with van der Waals surface area (Å²) in [4.78, 5) is 22.4. The smallest absolute Gasteiger partial charge is 0.256 e. The van der Waals surface area contributed by atoms with Crippen molar-refractivity contribution in [1.29, 1.82) is 0 Å². The molecular formula is C23H20N6O3. The molecule has 0 atom stereocenters. The topological polar surface area (TPSA) is 112 Å². The van der Waals surface area contributed by atoms with Crippen LogP contribution in [0.5, 0.6) is 0 Å². The minimum Gasteiger partial charge on any atom is -0.463 e. The third kappa shape index (κ3) is 3.43. The quantitative estimate of drug-likeness (QED) is 0.424. The molecule has 160 valence electrons. The van der Waals surface area contributed by atoms with Gasteiger partial charge in [-0.15, -0.1) is 0 Å². The molecule has 0 saturated carbocycles. The van der Waals surface area contributed by atoms with Crippen molar-refractivity contribution in [2.45, 2.75) is 26.8 Å². The van der Waals surface area contributed by atoms with Gasteiger partial charge in [-0.05, 0) is 44.2 Å². The lowest BCUT2D eigenvalue weighted by Crippen LogP contribution is -2.14. The predicted octanol–water partition coefficient (Wildman–Crippen LogP) is 4.88. The van der Waals surface area contributed by atoms with Crippen molar-refractivity contribution < 1.29 is 13.7 Å². The zero-order chi connectivity index (χ0) is 22.2. The van der Waals surface area contributed by atoms with Crippen LogP contribution in [0.3, 0.4) is 0 Å². The van der Waals surface area contributed by atoms with Gasteiger partial charge in [-0.3, -0.25) is 4.79 Å². The fourth-order valence-electron chi connectivity index (χ4n) is 3.52. The first-order chi connectivity index (χ1) is 15.5. The van der Waals surface area contributed by atoms with Gasteiger partial charge in [0.2, 0.25) is 11.7 Å². The van der Waals surface area contributed by atoms with Crippen LogP contribution < -0.4 is 5.32 Å². The number of rotatable bonds is 5. The van der Waals surface area contributed by atoms with Crippen molar-refractivity contribution in [2.24, 2.45) is 0 Å². The lowest BCUT2D eigenvalue weighted by Gasteiger charge is -2.11. The van der Waals surface area contributed by atoms with Gasteiger partial charge in [0.05, 0.1) is 29.1 Å². The predicted molar refractivity (Wildman–Crippen MR) is 118 cm³/mol. The Hall–Kier alpha value is -4.27. The number of hydrogen-bond donors (Lipinski definition) is 1. The number of amides is 1. The van der Waals surface area contributed by atoms with E-state index in [4.69, 9.17) is 13.9 Å². The van der Waals surface area contributed by atoms with Crippen LogP contribution in [0.25, 0.3) is 33.9 Å². The van der Waals surface area contributed by atoms with Crippen molar-refractivity contribution >= 4 is 22.6 Å². The van der Waals surface area contributed by atoms with Gasteiger partial charge >= 0.3 is 0 Å². The number of aryl methyl sites for hydroxylation is 1. The molecule has 1 aromatic carbocycles. The van der Waals surface area contributed by atoms with Gasteiger partial charge in [0.1, 0.15) is 5.69 Å². The Morgan fingerprint density at radius 2 is 1.97 bits per heavy atom. The summed E-state index contributed by atoms with van der Waals surface area (Å²) in [5.74, 6) is 1.12. The molecule has 0 unspecified atom stereocenters. The normalized spacial score (nSPS) is 11.4. The molecule has 0 saturated heterocycles. The van der Waals surface area contributed by atoms with E-state index in [1.54, 1.807) is 48.3 Å². The van der Waals surface area contributed by atoms with Crippen LogP contribution in [0.4, 0.5) is 5.69 Å². The summed E-state index contributed by atoms with van der Waals surface area (Å²) in [6, 6.07) is 12.7. The second-order valence-electron chi connectivity index (χ2n) is 7.59. The van der Waals surface area contributed by atoms with Gasteiger partial charge < -0.3 is 14.3 Å². The number of nitrogens with one attached hydrogen (secondary N) is 1. The second-order valence-corrected chi connectivity index (χ2v) is 7.59. The minimum absolute atomic E-state index is 0.0740. The Kier molecular flexibility index (Phi) is 4.78. The number of fused-ring (bicyclic) bond motifs is 1. The highest BCUT2D eigenvalue weighted by Crippen LogP contribution is 2.29. The SMILES string of the molecule is Cc1nc(-c2ccccc2NC(=O)c2cc(-c3ccco3)nc3c2cnn3C(C)C)no1. The van der Waals surface area contributed by atoms with Crippen molar-refractivity contribution in [3.63, 3.8) is 0 Å². The van der Waals surface area contributed by atoms with E-state index in [2.05, 4.69) is 20.6 Å². The lowest BCUT2D eigenvalue weighted by molar-refractivity contribution is 0.102. The number of nitrogens with zero attached hydrogens (tertiary/aromatic N) is 5. The Labute approximate surface area is 183 Å². The molecule has 5 rings (SSSR count). The molecule has 32 heavy (non-hydrogen) atoms. The van der Waals surface area contributed by atoms with E-state index >= 15 is 0 Å². The van der Waals surface area contributed by atoms with E-state index < -0.39 is 0 Å². The van der Waals surface area contributed by atoms with E-state index in [-0.39, 0.29) is 11.9 Å². The number of pyridine rings is 1. The Morgan fingerprint density at radius 3 is 2.69 bits per heavy atom. The number of aromatic nitrogens is 5. The average Bonchev–Trinajstić information content (AvgIpc) is 3.54. The molecule has 1 N–H and O–H groups in total. The van der Waals surface area contributed by atoms with Gasteiger partial charge in [-0.25, -0.2) is 9.67 Å². The molecule has 0 bridgehead atoms. The van der Waals surface area contributed by atoms with E-state index in [9.17, 15) is 4.79 Å². The summed E-state index contributed by atoms with van der Waals surface area (Å²) in [5.41, 5.74) is 2.83. The zero-order valence-electron chi connectivity index (χ0n) is 17.7. The summed E-state index contributed by atoms with van der Waals surface area (Å²) >= 11 is 0. The summed E-state index contributed by atoms with van der Waals surface area (Å²) in [7, 11) is 0. The van der Waals surface area contributed by atoms with Crippen LogP contribution in [0.1, 0.15) is 36.1 Å². The standard InChI is InChI=1S/C23H20N6O3/c1-13(2)29-22-17(12-24-29)16(11-19(26-22)20-9-6-10-31-20)23(30)27-18-8-5-4-7-15(18)21-25-14(3)32-28-21/h4-13H,1-3H3,(H,27,30). The average molecular weight is 428 g/mol. The molecule has 0 fully saturated rings. The number of benzene rings is 1. The molecular weight excluding hydrogens is 408 g/mol. The van der Waals surface area contributed by atoms with Crippen LogP contribution in [0.2, 0.25) is 0 Å². The lowest BCUT2D eigenvalue weighted by atomic mass is 10.1. The molecule has 9 heteroatoms. The molecule has 5 aromatic rings. The van der Waals surface area contributed by atoms with Gasteiger partial charge in [0.25, 0.3) is 5.91 Å². The first kappa shape index (κ1) is 19.7. The number of para-hydroxylation sites is 1. The molecule has 4 heterocycles. The monoisotopic (exact) mass is 428 g/mol. The summed E-state index contributed by atoms with van der Waals surface area (Å²) in [6.45, 7) is 5.74. The van der Waals surface area contributed by atoms with Crippen molar-refractivity contribution in [2.75, 3.05) is 5.32 Å². The maximum atomic E-state index is 13.4. The van der Waals surface area contributed by atoms with Crippen molar-refractivity contribution in [3.8, 4) is 22.8 Å². The number of anilines is 1. The maximum Gasteiger partial charge on any atom is 0.256 e. The van der Waals surface area contributed by atoms with Crippen molar-refractivity contribution in [1.82, 2.24) is 24.9 Å². The Morgan fingerprint density at radius 1 is 1.12 bits per heavy atom. The molecule has 9 nitrogen and oxygen atoms in total. The highest BCUT2D eigenvalue weighted by Gasteiger charge is 2.21. The van der Waals surface area contributed by atoms with Crippen LogP contribution in [0.15, 0.2) is 63.9 Å². The number of furan rings is 1. The molecule has 0 aliphatic rings. The van der Waals surface area contributed by atoms with Crippen LogP contribution in [-0.2, 0) is 0 Å². The van der Waals surface area contributed by atoms with Gasteiger partial charge in [0.15, 0.2) is 11.4 Å². The third-order valence-electron chi connectivity index (χ3n) is 5.02. The van der Waals surface area contributed by atoms with Crippen LogP contribution >= 0.6 is 0 Å². The second kappa shape index (κ2) is 7.77. The van der Waals surface area contributed by atoms with E-state index in [1.807, 2.05) is 32.0 Å². The van der Waals surface area contributed by atoms with E-state index in [1.165, 1.54) is 0 Å². The van der Waals surface area contributed by atoms with Gasteiger partial charge in [0, 0.05) is 18.5 Å². The van der Waals surface area contributed by atoms with E-state index in [0.717, 1.165) is 0 Å². The highest BCUT2D eigenvalue weighted by molar-refractivity contribution is 6.13. The van der Waals surface area contributed by atoms with Gasteiger partial charge in [-0.1, -0.05) is 17.3 Å². The first-order valence-corrected chi connectivity index (χ1v) is 10.1. The number of hydrogen-bond acceptors (Lipinski definition) is 7. The first-order valence-electron chi connectivity index (χ1n) is 10.1. The largest absolute Gasteiger partial charge is 0.463 e. The molecule has 0 aliphatic heterocycles. The minimum atomic E-state index is -0.304. The number of carbonyl (C=O) groups excluding carboxylic acids is 1. The third-order valence-corrected chi connectivity index (χ3v) is 5.02. The molecule has 0 aliphatic carbocycles. The summed E-state index contributed by atoms with van der Waals surface area (Å²) < 4.78 is 12.4. The summed E-state index contributed by atoms with van der Waals surface area (Å²) in [5, 5.41) is 12.1. The van der Waals surface area contributed by atoms with E-state index in [0.29, 0.717) is 51.0 Å². The highest BCUT2D eigenvalue weighted by atomic mass is 16.5. The fourth-order valence-corrected chi connectivity index (χ4v) is 3.52. The zero-order valence-corrected chi connectivity index (χ0v) is 17.7. The van der Waals surface area contributed by atoms with Crippen molar-refractivity contribution in [3.05, 3.63) is 66.4 Å². The fraction of sp³-hybridized carbons (Fsp3) is 0.174. The Bertz CT molecular complexity index is 1420. The number of carbonyl (C=O) groups is 1.